The van der Waals surface area contributed by atoms with Gasteiger partial charge in [0.1, 0.15) is 12.3 Å². The van der Waals surface area contributed by atoms with E-state index in [4.69, 9.17) is 15.6 Å². The third-order valence-corrected chi connectivity index (χ3v) is 3.96. The lowest BCUT2D eigenvalue weighted by molar-refractivity contribution is -0.0432. The standard InChI is InChI=1S/C14H19N5O4/c1-2-3-4-18-13(22)11-12(17-14(18)15)19(7-16-11)10-5-8(21)9(6-20)23-10/h2,7-10,20-21H,1,3-6H2,(H2,15,17)/t8?,9-,10-/m1/s1. The number of imidazole rings is 1. The molecule has 1 aliphatic rings. The van der Waals surface area contributed by atoms with Gasteiger partial charge in [-0.2, -0.15) is 4.98 Å². The van der Waals surface area contributed by atoms with Gasteiger partial charge in [0.15, 0.2) is 11.2 Å². The molecule has 0 aliphatic carbocycles. The molecule has 0 aromatic carbocycles. The van der Waals surface area contributed by atoms with Gasteiger partial charge in [-0.1, -0.05) is 6.08 Å². The van der Waals surface area contributed by atoms with E-state index in [1.54, 1.807) is 10.6 Å². The Morgan fingerprint density at radius 2 is 2.35 bits per heavy atom. The number of aliphatic hydroxyl groups is 2. The molecule has 2 aromatic heterocycles. The fraction of sp³-hybridized carbons (Fsp3) is 0.500. The Balaban J connectivity index is 2.02. The highest BCUT2D eigenvalue weighted by molar-refractivity contribution is 5.71. The number of allylic oxidation sites excluding steroid dienone is 1. The smallest absolute Gasteiger partial charge is 0.283 e. The molecule has 1 fully saturated rings. The molecule has 1 aliphatic heterocycles. The first-order chi connectivity index (χ1) is 11.1. The highest BCUT2D eigenvalue weighted by Gasteiger charge is 2.35. The SMILES string of the molecule is C=CCCn1c(N)nc2c(ncn2[C@H]2CC(O)[C@@H](CO)O2)c1=O. The number of aliphatic hydroxyl groups excluding tert-OH is 2. The molecule has 1 saturated heterocycles. The highest BCUT2D eigenvalue weighted by atomic mass is 16.5. The Kier molecular flexibility index (Phi) is 4.16. The summed E-state index contributed by atoms with van der Waals surface area (Å²) in [6.07, 6.45) is 2.00. The number of hydrogen-bond donors (Lipinski definition) is 3. The first-order valence-electron chi connectivity index (χ1n) is 7.35. The van der Waals surface area contributed by atoms with Gasteiger partial charge in [-0.3, -0.25) is 13.9 Å². The van der Waals surface area contributed by atoms with Crippen LogP contribution in [0.5, 0.6) is 0 Å². The molecular weight excluding hydrogens is 302 g/mol. The molecule has 0 radical (unpaired) electrons. The Morgan fingerprint density at radius 1 is 1.57 bits per heavy atom. The zero-order valence-electron chi connectivity index (χ0n) is 12.5. The molecule has 3 heterocycles. The molecule has 124 valence electrons. The van der Waals surface area contributed by atoms with Crippen molar-refractivity contribution in [2.75, 3.05) is 12.3 Å². The van der Waals surface area contributed by atoms with Gasteiger partial charge in [-0.05, 0) is 6.42 Å². The second-order valence-corrected chi connectivity index (χ2v) is 5.44. The average molecular weight is 321 g/mol. The molecular formula is C14H19N5O4. The normalized spacial score (nSPS) is 24.3. The number of nitrogen functional groups attached to an aromatic ring is 1. The monoisotopic (exact) mass is 321 g/mol. The lowest BCUT2D eigenvalue weighted by atomic mass is 10.2. The molecule has 23 heavy (non-hydrogen) atoms. The third-order valence-electron chi connectivity index (χ3n) is 3.96. The van der Waals surface area contributed by atoms with Crippen LogP contribution in [0.1, 0.15) is 19.1 Å². The van der Waals surface area contributed by atoms with E-state index >= 15 is 0 Å². The molecule has 0 amide bonds. The summed E-state index contributed by atoms with van der Waals surface area (Å²) < 4.78 is 8.48. The van der Waals surface area contributed by atoms with Crippen molar-refractivity contribution in [3.05, 3.63) is 29.3 Å². The number of anilines is 1. The number of hydrogen-bond acceptors (Lipinski definition) is 7. The van der Waals surface area contributed by atoms with E-state index in [0.29, 0.717) is 18.6 Å². The van der Waals surface area contributed by atoms with Crippen molar-refractivity contribution in [2.45, 2.75) is 37.8 Å². The third kappa shape index (κ3) is 2.62. The predicted molar refractivity (Wildman–Crippen MR) is 82.6 cm³/mol. The number of fused-ring (bicyclic) bond motifs is 1. The second-order valence-electron chi connectivity index (χ2n) is 5.44. The lowest BCUT2D eigenvalue weighted by Crippen LogP contribution is -2.25. The van der Waals surface area contributed by atoms with Gasteiger partial charge in [0, 0.05) is 13.0 Å². The Labute approximate surface area is 131 Å². The first kappa shape index (κ1) is 15.7. The van der Waals surface area contributed by atoms with Crippen molar-refractivity contribution in [3.63, 3.8) is 0 Å². The zero-order valence-corrected chi connectivity index (χ0v) is 12.5. The summed E-state index contributed by atoms with van der Waals surface area (Å²) in [7, 11) is 0. The zero-order chi connectivity index (χ0) is 16.6. The maximum absolute atomic E-state index is 12.5. The summed E-state index contributed by atoms with van der Waals surface area (Å²) in [6.45, 7) is 3.72. The maximum Gasteiger partial charge on any atom is 0.283 e. The topological polar surface area (TPSA) is 128 Å². The largest absolute Gasteiger partial charge is 0.394 e. The minimum atomic E-state index is -0.784. The van der Waals surface area contributed by atoms with Crippen LogP contribution in [0, 0.1) is 0 Å². The second kappa shape index (κ2) is 6.11. The summed E-state index contributed by atoms with van der Waals surface area (Å²) in [5.74, 6) is 0.0864. The number of rotatable bonds is 5. The minimum absolute atomic E-state index is 0.0864. The van der Waals surface area contributed by atoms with Crippen LogP contribution in [0.3, 0.4) is 0 Å². The Morgan fingerprint density at radius 3 is 3.00 bits per heavy atom. The fourth-order valence-corrected chi connectivity index (χ4v) is 2.71. The summed E-state index contributed by atoms with van der Waals surface area (Å²) in [5, 5.41) is 19.0. The summed E-state index contributed by atoms with van der Waals surface area (Å²) in [4.78, 5) is 20.8. The molecule has 9 nitrogen and oxygen atoms in total. The fourth-order valence-electron chi connectivity index (χ4n) is 2.71. The molecule has 4 N–H and O–H groups in total. The van der Waals surface area contributed by atoms with Crippen LogP contribution in [-0.4, -0.2) is 48.1 Å². The molecule has 3 atom stereocenters. The van der Waals surface area contributed by atoms with Gasteiger partial charge in [-0.15, -0.1) is 6.58 Å². The van der Waals surface area contributed by atoms with E-state index in [2.05, 4.69) is 16.5 Å². The van der Waals surface area contributed by atoms with Crippen molar-refractivity contribution in [1.82, 2.24) is 19.1 Å². The van der Waals surface area contributed by atoms with Crippen molar-refractivity contribution < 1.29 is 14.9 Å². The molecule has 1 unspecified atom stereocenters. The summed E-state index contributed by atoms with van der Waals surface area (Å²) in [6, 6.07) is 0. The molecule has 0 spiro atoms. The van der Waals surface area contributed by atoms with Gasteiger partial charge >= 0.3 is 0 Å². The Bertz CT molecular complexity index is 783. The van der Waals surface area contributed by atoms with Crippen LogP contribution >= 0.6 is 0 Å². The van der Waals surface area contributed by atoms with E-state index in [0.717, 1.165) is 0 Å². The van der Waals surface area contributed by atoms with Crippen molar-refractivity contribution in [2.24, 2.45) is 0 Å². The number of nitrogens with two attached hydrogens (primary N) is 1. The van der Waals surface area contributed by atoms with Crippen LogP contribution in [0.2, 0.25) is 0 Å². The van der Waals surface area contributed by atoms with Gasteiger partial charge in [0.25, 0.3) is 5.56 Å². The van der Waals surface area contributed by atoms with Crippen LogP contribution in [-0.2, 0) is 11.3 Å². The quantitative estimate of drug-likeness (QED) is 0.627. The number of ether oxygens (including phenoxy) is 1. The Hall–Kier alpha value is -2.23. The van der Waals surface area contributed by atoms with Crippen molar-refractivity contribution in [1.29, 1.82) is 0 Å². The molecule has 3 rings (SSSR count). The molecule has 0 saturated carbocycles. The van der Waals surface area contributed by atoms with E-state index in [1.165, 1.54) is 10.9 Å². The number of nitrogens with zero attached hydrogens (tertiary/aromatic N) is 4. The molecule has 9 heteroatoms. The van der Waals surface area contributed by atoms with Gasteiger partial charge in [-0.25, -0.2) is 4.98 Å². The lowest BCUT2D eigenvalue weighted by Gasteiger charge is -2.14. The first-order valence-corrected chi connectivity index (χ1v) is 7.35. The van der Waals surface area contributed by atoms with E-state index in [9.17, 15) is 9.90 Å². The van der Waals surface area contributed by atoms with Crippen LogP contribution in [0.4, 0.5) is 5.95 Å². The van der Waals surface area contributed by atoms with E-state index in [-0.39, 0.29) is 30.1 Å². The molecule has 2 aromatic rings. The van der Waals surface area contributed by atoms with E-state index in [1.807, 2.05) is 0 Å². The molecule has 0 bridgehead atoms. The minimum Gasteiger partial charge on any atom is -0.394 e. The van der Waals surface area contributed by atoms with Gasteiger partial charge in [0.2, 0.25) is 5.95 Å². The van der Waals surface area contributed by atoms with Crippen LogP contribution in [0.15, 0.2) is 23.8 Å². The number of aromatic nitrogens is 4. The predicted octanol–water partition coefficient (Wildman–Crippen LogP) is -0.608. The van der Waals surface area contributed by atoms with Gasteiger partial charge < -0.3 is 20.7 Å². The van der Waals surface area contributed by atoms with E-state index < -0.39 is 18.4 Å². The van der Waals surface area contributed by atoms with Crippen molar-refractivity contribution >= 4 is 17.1 Å². The summed E-state index contributed by atoms with van der Waals surface area (Å²) >= 11 is 0. The maximum atomic E-state index is 12.5. The van der Waals surface area contributed by atoms with Crippen LogP contribution in [0.25, 0.3) is 11.2 Å². The summed E-state index contributed by atoms with van der Waals surface area (Å²) in [5.41, 5.74) is 6.05. The van der Waals surface area contributed by atoms with Crippen LogP contribution < -0.4 is 11.3 Å². The average Bonchev–Trinajstić information content (AvgIpc) is 3.10. The van der Waals surface area contributed by atoms with Crippen molar-refractivity contribution in [3.8, 4) is 0 Å². The highest BCUT2D eigenvalue weighted by Crippen LogP contribution is 2.30. The van der Waals surface area contributed by atoms with Gasteiger partial charge in [0.05, 0.1) is 19.0 Å².